The van der Waals surface area contributed by atoms with Crippen LogP contribution in [0.1, 0.15) is 17.4 Å². The summed E-state index contributed by atoms with van der Waals surface area (Å²) in [6.07, 6.45) is 0.348. The fourth-order valence-corrected chi connectivity index (χ4v) is 2.51. The Kier molecular flexibility index (Phi) is 2.68. The highest BCUT2D eigenvalue weighted by molar-refractivity contribution is 5.63. The number of fused-ring (bicyclic) bond motifs is 1. The largest absolute Gasteiger partial charge is 0.399 e. The number of hydrogen-bond donors (Lipinski definition) is 2. The molecule has 0 fully saturated rings. The molecule has 3 rings (SSSR count). The standard InChI is InChI=1S/C15H16N2O/c16-13-6-7-14-12(10-13)8-9-17(14)15(18)11-4-2-1-3-5-11/h1-7,10,15,18H,8-9,16H2. The van der Waals surface area contributed by atoms with Crippen molar-refractivity contribution in [2.75, 3.05) is 17.2 Å². The van der Waals surface area contributed by atoms with Crippen LogP contribution in [0.3, 0.4) is 0 Å². The minimum atomic E-state index is -0.587. The van der Waals surface area contributed by atoms with Gasteiger partial charge >= 0.3 is 0 Å². The highest BCUT2D eigenvalue weighted by Gasteiger charge is 2.25. The molecule has 3 nitrogen and oxygen atoms in total. The highest BCUT2D eigenvalue weighted by Crippen LogP contribution is 2.34. The maximum atomic E-state index is 10.4. The lowest BCUT2D eigenvalue weighted by molar-refractivity contribution is 0.174. The Morgan fingerprint density at radius 2 is 1.89 bits per heavy atom. The van der Waals surface area contributed by atoms with Crippen LogP contribution in [0, 0.1) is 0 Å². The van der Waals surface area contributed by atoms with E-state index in [0.717, 1.165) is 29.9 Å². The molecule has 0 radical (unpaired) electrons. The lowest BCUT2D eigenvalue weighted by atomic mass is 10.1. The van der Waals surface area contributed by atoms with Crippen molar-refractivity contribution in [2.45, 2.75) is 12.6 Å². The molecule has 0 spiro atoms. The zero-order chi connectivity index (χ0) is 12.5. The van der Waals surface area contributed by atoms with Crippen LogP contribution < -0.4 is 10.6 Å². The van der Waals surface area contributed by atoms with Crippen LogP contribution >= 0.6 is 0 Å². The van der Waals surface area contributed by atoms with Crippen molar-refractivity contribution in [1.29, 1.82) is 0 Å². The summed E-state index contributed by atoms with van der Waals surface area (Å²) in [4.78, 5) is 2.02. The molecule has 2 aromatic carbocycles. The molecule has 3 N–H and O–H groups in total. The Morgan fingerprint density at radius 3 is 2.67 bits per heavy atom. The van der Waals surface area contributed by atoms with Crippen LogP contribution in [0.15, 0.2) is 48.5 Å². The Labute approximate surface area is 106 Å². The highest BCUT2D eigenvalue weighted by atomic mass is 16.3. The first-order valence-corrected chi connectivity index (χ1v) is 6.14. The molecular weight excluding hydrogens is 224 g/mol. The van der Waals surface area contributed by atoms with E-state index in [1.54, 1.807) is 0 Å². The summed E-state index contributed by atoms with van der Waals surface area (Å²) in [7, 11) is 0. The van der Waals surface area contributed by atoms with E-state index < -0.39 is 6.23 Å². The molecule has 0 aliphatic carbocycles. The predicted octanol–water partition coefficient (Wildman–Crippen LogP) is 2.32. The first-order valence-electron chi connectivity index (χ1n) is 6.14. The van der Waals surface area contributed by atoms with E-state index in [2.05, 4.69) is 0 Å². The summed E-state index contributed by atoms with van der Waals surface area (Å²) >= 11 is 0. The summed E-state index contributed by atoms with van der Waals surface area (Å²) in [5.74, 6) is 0. The van der Waals surface area contributed by atoms with Gasteiger partial charge in [0.15, 0.2) is 6.23 Å². The fraction of sp³-hybridized carbons (Fsp3) is 0.200. The van der Waals surface area contributed by atoms with Gasteiger partial charge in [-0.05, 0) is 30.2 Å². The molecule has 1 unspecified atom stereocenters. The first-order chi connectivity index (χ1) is 8.75. The van der Waals surface area contributed by atoms with Crippen LogP contribution in [-0.2, 0) is 6.42 Å². The predicted molar refractivity (Wildman–Crippen MR) is 73.3 cm³/mol. The number of nitrogens with zero attached hydrogens (tertiary/aromatic N) is 1. The van der Waals surface area contributed by atoms with Crippen molar-refractivity contribution in [3.63, 3.8) is 0 Å². The van der Waals surface area contributed by atoms with Gasteiger partial charge in [0.1, 0.15) is 0 Å². The quantitative estimate of drug-likeness (QED) is 0.792. The minimum absolute atomic E-state index is 0.587. The van der Waals surface area contributed by atoms with Crippen molar-refractivity contribution >= 4 is 11.4 Å². The maximum absolute atomic E-state index is 10.4. The van der Waals surface area contributed by atoms with Gasteiger partial charge in [0.25, 0.3) is 0 Å². The van der Waals surface area contributed by atoms with Gasteiger partial charge in [-0.2, -0.15) is 0 Å². The minimum Gasteiger partial charge on any atom is -0.399 e. The van der Waals surface area contributed by atoms with Gasteiger partial charge in [0.2, 0.25) is 0 Å². The van der Waals surface area contributed by atoms with Gasteiger partial charge in [-0.1, -0.05) is 30.3 Å². The smallest absolute Gasteiger partial charge is 0.153 e. The van der Waals surface area contributed by atoms with Crippen LogP contribution in [-0.4, -0.2) is 11.7 Å². The second-order valence-corrected chi connectivity index (χ2v) is 4.62. The lowest BCUT2D eigenvalue weighted by Gasteiger charge is -2.26. The van der Waals surface area contributed by atoms with Gasteiger partial charge in [-0.3, -0.25) is 0 Å². The van der Waals surface area contributed by atoms with Gasteiger partial charge < -0.3 is 15.7 Å². The number of hydrogen-bond acceptors (Lipinski definition) is 3. The Bertz CT molecular complexity index is 554. The van der Waals surface area contributed by atoms with Crippen molar-refractivity contribution in [1.82, 2.24) is 0 Å². The summed E-state index contributed by atoms with van der Waals surface area (Å²) in [5, 5.41) is 10.4. The molecule has 18 heavy (non-hydrogen) atoms. The average molecular weight is 240 g/mol. The van der Waals surface area contributed by atoms with E-state index in [4.69, 9.17) is 5.73 Å². The second kappa shape index (κ2) is 4.35. The topological polar surface area (TPSA) is 49.5 Å². The van der Waals surface area contributed by atoms with Crippen LogP contribution in [0.4, 0.5) is 11.4 Å². The zero-order valence-electron chi connectivity index (χ0n) is 10.1. The monoisotopic (exact) mass is 240 g/mol. The number of anilines is 2. The van der Waals surface area contributed by atoms with Gasteiger partial charge in [-0.15, -0.1) is 0 Å². The van der Waals surface area contributed by atoms with Crippen LogP contribution in [0.2, 0.25) is 0 Å². The van der Waals surface area contributed by atoms with Gasteiger partial charge in [0.05, 0.1) is 0 Å². The number of aliphatic hydroxyl groups excluding tert-OH is 1. The number of nitrogen functional groups attached to an aromatic ring is 1. The Hall–Kier alpha value is -2.00. The molecule has 92 valence electrons. The summed E-state index contributed by atoms with van der Waals surface area (Å²) in [6, 6.07) is 15.6. The Balaban J connectivity index is 1.93. The molecule has 1 heterocycles. The van der Waals surface area contributed by atoms with Crippen LogP contribution in [0.25, 0.3) is 0 Å². The molecule has 0 aromatic heterocycles. The van der Waals surface area contributed by atoms with Crippen LogP contribution in [0.5, 0.6) is 0 Å². The summed E-state index contributed by atoms with van der Waals surface area (Å²) in [5.41, 5.74) is 9.78. The van der Waals surface area contributed by atoms with Gasteiger partial charge in [0, 0.05) is 23.5 Å². The van der Waals surface area contributed by atoms with E-state index in [1.807, 2.05) is 53.4 Å². The SMILES string of the molecule is Nc1ccc2c(c1)CCN2C(O)c1ccccc1. The van der Waals surface area contributed by atoms with E-state index >= 15 is 0 Å². The third-order valence-corrected chi connectivity index (χ3v) is 3.43. The molecule has 0 saturated carbocycles. The van der Waals surface area contributed by atoms with Crippen molar-refractivity contribution in [3.8, 4) is 0 Å². The molecule has 1 aliphatic rings. The number of benzene rings is 2. The normalized spacial score (nSPS) is 15.5. The third-order valence-electron chi connectivity index (χ3n) is 3.43. The maximum Gasteiger partial charge on any atom is 0.153 e. The van der Waals surface area contributed by atoms with Crippen molar-refractivity contribution < 1.29 is 5.11 Å². The van der Waals surface area contributed by atoms with E-state index in [0.29, 0.717) is 0 Å². The van der Waals surface area contributed by atoms with Gasteiger partial charge in [-0.25, -0.2) is 0 Å². The zero-order valence-corrected chi connectivity index (χ0v) is 10.1. The van der Waals surface area contributed by atoms with Crippen molar-refractivity contribution in [3.05, 3.63) is 59.7 Å². The molecule has 3 heteroatoms. The molecule has 1 atom stereocenters. The fourth-order valence-electron chi connectivity index (χ4n) is 2.51. The summed E-state index contributed by atoms with van der Waals surface area (Å²) in [6.45, 7) is 0.828. The van der Waals surface area contributed by atoms with E-state index in [-0.39, 0.29) is 0 Å². The van der Waals surface area contributed by atoms with E-state index in [9.17, 15) is 5.11 Å². The first kappa shape index (κ1) is 11.1. The molecule has 2 aromatic rings. The number of rotatable bonds is 2. The van der Waals surface area contributed by atoms with E-state index in [1.165, 1.54) is 5.56 Å². The average Bonchev–Trinajstić information content (AvgIpc) is 2.81. The molecule has 0 saturated heterocycles. The molecule has 1 aliphatic heterocycles. The summed E-state index contributed by atoms with van der Waals surface area (Å²) < 4.78 is 0. The third kappa shape index (κ3) is 1.83. The molecule has 0 bridgehead atoms. The Morgan fingerprint density at radius 1 is 1.11 bits per heavy atom. The number of aliphatic hydroxyl groups is 1. The molecular formula is C15H16N2O. The number of nitrogens with two attached hydrogens (primary N) is 1. The lowest BCUT2D eigenvalue weighted by Crippen LogP contribution is -2.26. The van der Waals surface area contributed by atoms with Crippen molar-refractivity contribution in [2.24, 2.45) is 0 Å². The second-order valence-electron chi connectivity index (χ2n) is 4.62. The molecule has 0 amide bonds.